The highest BCUT2D eigenvalue weighted by Crippen LogP contribution is 2.31. The van der Waals surface area contributed by atoms with Crippen molar-refractivity contribution in [2.24, 2.45) is 5.92 Å². The highest BCUT2D eigenvalue weighted by molar-refractivity contribution is 5.98. The maximum atomic E-state index is 12.1. The van der Waals surface area contributed by atoms with Gasteiger partial charge in [0.15, 0.2) is 5.78 Å². The summed E-state index contributed by atoms with van der Waals surface area (Å²) in [7, 11) is 1.62. The number of carbonyl (C=O) groups excluding carboxylic acids is 1. The van der Waals surface area contributed by atoms with Gasteiger partial charge in [-0.2, -0.15) is 0 Å². The van der Waals surface area contributed by atoms with Gasteiger partial charge in [-0.1, -0.05) is 12.2 Å². The zero-order chi connectivity index (χ0) is 11.5. The first-order valence-corrected chi connectivity index (χ1v) is 5.55. The lowest BCUT2D eigenvalue weighted by atomic mass is 9.96. The highest BCUT2D eigenvalue weighted by atomic mass is 16.5. The van der Waals surface area contributed by atoms with E-state index in [1.54, 1.807) is 7.11 Å². The van der Waals surface area contributed by atoms with Crippen LogP contribution in [0.25, 0.3) is 0 Å². The van der Waals surface area contributed by atoms with Crippen molar-refractivity contribution >= 4 is 5.78 Å². The Bertz CT molecular complexity index is 403. The third-order valence-corrected chi connectivity index (χ3v) is 3.13. The number of hydrogen-bond acceptors (Lipinski definition) is 2. The first-order valence-electron chi connectivity index (χ1n) is 5.55. The molecule has 0 bridgehead atoms. The van der Waals surface area contributed by atoms with Crippen LogP contribution in [-0.4, -0.2) is 12.9 Å². The molecule has 1 aromatic carbocycles. The van der Waals surface area contributed by atoms with E-state index in [4.69, 9.17) is 4.74 Å². The van der Waals surface area contributed by atoms with E-state index in [2.05, 4.69) is 6.58 Å². The van der Waals surface area contributed by atoms with Gasteiger partial charge < -0.3 is 4.74 Å². The van der Waals surface area contributed by atoms with E-state index in [0.29, 0.717) is 0 Å². The number of ketones is 1. The second-order valence-electron chi connectivity index (χ2n) is 4.28. The lowest BCUT2D eigenvalue weighted by molar-refractivity contribution is 0.0924. The molecule has 1 aliphatic rings. The Hall–Kier alpha value is -1.57. The quantitative estimate of drug-likeness (QED) is 0.572. The molecule has 0 aliphatic heterocycles. The van der Waals surface area contributed by atoms with Crippen LogP contribution in [-0.2, 0) is 0 Å². The molecule has 0 amide bonds. The number of allylic oxidation sites excluding steroid dienone is 1. The fourth-order valence-corrected chi connectivity index (χ4v) is 2.15. The Kier molecular flexibility index (Phi) is 3.09. The predicted octanol–water partition coefficient (Wildman–Crippen LogP) is 3.23. The van der Waals surface area contributed by atoms with Crippen molar-refractivity contribution in [2.45, 2.75) is 19.3 Å². The molecule has 84 valence electrons. The van der Waals surface area contributed by atoms with Gasteiger partial charge in [-0.25, -0.2) is 0 Å². The number of carbonyl (C=O) groups is 1. The topological polar surface area (TPSA) is 26.3 Å². The fourth-order valence-electron chi connectivity index (χ4n) is 2.15. The lowest BCUT2D eigenvalue weighted by Crippen LogP contribution is -2.10. The van der Waals surface area contributed by atoms with E-state index in [9.17, 15) is 4.79 Å². The maximum Gasteiger partial charge on any atom is 0.166 e. The summed E-state index contributed by atoms with van der Waals surface area (Å²) < 4.78 is 5.07. The van der Waals surface area contributed by atoms with Crippen LogP contribution < -0.4 is 4.74 Å². The van der Waals surface area contributed by atoms with Crippen molar-refractivity contribution in [2.75, 3.05) is 7.11 Å². The van der Waals surface area contributed by atoms with Gasteiger partial charge in [-0.05, 0) is 43.5 Å². The molecule has 0 aromatic heterocycles. The largest absolute Gasteiger partial charge is 0.497 e. The second-order valence-corrected chi connectivity index (χ2v) is 4.28. The van der Waals surface area contributed by atoms with Gasteiger partial charge in [0.1, 0.15) is 5.75 Å². The van der Waals surface area contributed by atoms with Gasteiger partial charge in [0, 0.05) is 11.5 Å². The van der Waals surface area contributed by atoms with Crippen LogP contribution >= 0.6 is 0 Å². The minimum absolute atomic E-state index is 0.140. The molecule has 0 radical (unpaired) electrons. The monoisotopic (exact) mass is 216 g/mol. The van der Waals surface area contributed by atoms with E-state index in [0.717, 1.165) is 30.6 Å². The Balaban J connectivity index is 2.11. The van der Waals surface area contributed by atoms with E-state index in [1.165, 1.54) is 5.57 Å². The van der Waals surface area contributed by atoms with E-state index in [-0.39, 0.29) is 11.7 Å². The summed E-state index contributed by atoms with van der Waals surface area (Å²) in [6.45, 7) is 3.94. The summed E-state index contributed by atoms with van der Waals surface area (Å²) in [6, 6.07) is 7.33. The average molecular weight is 216 g/mol. The first kappa shape index (κ1) is 10.9. The molecule has 16 heavy (non-hydrogen) atoms. The van der Waals surface area contributed by atoms with Gasteiger partial charge in [0.05, 0.1) is 7.11 Å². The van der Waals surface area contributed by atoms with Crippen LogP contribution in [0.1, 0.15) is 29.6 Å². The van der Waals surface area contributed by atoms with Crippen molar-refractivity contribution in [3.8, 4) is 5.75 Å². The van der Waals surface area contributed by atoms with Crippen LogP contribution in [0.5, 0.6) is 5.75 Å². The smallest absolute Gasteiger partial charge is 0.166 e. The summed E-state index contributed by atoms with van der Waals surface area (Å²) in [4.78, 5) is 12.1. The summed E-state index contributed by atoms with van der Waals surface area (Å²) in [6.07, 6.45) is 2.79. The van der Waals surface area contributed by atoms with Crippen LogP contribution in [0.3, 0.4) is 0 Å². The molecule has 1 unspecified atom stereocenters. The zero-order valence-corrected chi connectivity index (χ0v) is 9.53. The Morgan fingerprint density at radius 2 is 2.06 bits per heavy atom. The molecule has 2 heteroatoms. The summed E-state index contributed by atoms with van der Waals surface area (Å²) >= 11 is 0. The van der Waals surface area contributed by atoms with Gasteiger partial charge in [0.25, 0.3) is 0 Å². The molecule has 0 N–H and O–H groups in total. The Labute approximate surface area is 95.9 Å². The van der Waals surface area contributed by atoms with Gasteiger partial charge in [0.2, 0.25) is 0 Å². The predicted molar refractivity (Wildman–Crippen MR) is 63.8 cm³/mol. The van der Waals surface area contributed by atoms with E-state index < -0.39 is 0 Å². The van der Waals surface area contributed by atoms with E-state index in [1.807, 2.05) is 24.3 Å². The van der Waals surface area contributed by atoms with Gasteiger partial charge in [-0.15, -0.1) is 0 Å². The molecule has 1 fully saturated rings. The number of methoxy groups -OCH3 is 1. The van der Waals surface area contributed by atoms with Gasteiger partial charge >= 0.3 is 0 Å². The number of ether oxygens (including phenoxy) is 1. The summed E-state index contributed by atoms with van der Waals surface area (Å²) in [5, 5.41) is 0. The van der Waals surface area contributed by atoms with E-state index >= 15 is 0 Å². The Morgan fingerprint density at radius 3 is 2.56 bits per heavy atom. The molecule has 0 saturated heterocycles. The van der Waals surface area contributed by atoms with Crippen molar-refractivity contribution in [1.29, 1.82) is 0 Å². The molecule has 0 spiro atoms. The first-order chi connectivity index (χ1) is 7.70. The van der Waals surface area contributed by atoms with Crippen molar-refractivity contribution < 1.29 is 9.53 Å². The zero-order valence-electron chi connectivity index (χ0n) is 9.53. The number of benzene rings is 1. The second kappa shape index (κ2) is 4.52. The van der Waals surface area contributed by atoms with Crippen LogP contribution in [0.2, 0.25) is 0 Å². The molecular weight excluding hydrogens is 200 g/mol. The highest BCUT2D eigenvalue weighted by Gasteiger charge is 2.25. The van der Waals surface area contributed by atoms with Crippen LogP contribution in [0.4, 0.5) is 0 Å². The minimum Gasteiger partial charge on any atom is -0.497 e. The third-order valence-electron chi connectivity index (χ3n) is 3.13. The van der Waals surface area contributed by atoms with Crippen molar-refractivity contribution in [1.82, 2.24) is 0 Å². The number of rotatable bonds is 3. The molecule has 1 atom stereocenters. The fraction of sp³-hybridized carbons (Fsp3) is 0.357. The molecule has 2 nitrogen and oxygen atoms in total. The van der Waals surface area contributed by atoms with Crippen LogP contribution in [0, 0.1) is 5.92 Å². The summed E-state index contributed by atoms with van der Waals surface area (Å²) in [5.41, 5.74) is 1.98. The third kappa shape index (κ3) is 2.16. The molecule has 1 aromatic rings. The number of Topliss-reactive ketones (excluding diaryl/α,β-unsaturated/α-hetero) is 1. The average Bonchev–Trinajstić information content (AvgIpc) is 2.75. The van der Waals surface area contributed by atoms with Crippen LogP contribution in [0.15, 0.2) is 36.4 Å². The SMILES string of the molecule is C=C1CCC(C(=O)c2ccc(OC)cc2)C1. The normalized spacial score (nSPS) is 19.8. The van der Waals surface area contributed by atoms with Crippen molar-refractivity contribution in [3.63, 3.8) is 0 Å². The Morgan fingerprint density at radius 1 is 1.38 bits per heavy atom. The standard InChI is InChI=1S/C14H16O2/c1-10-3-4-12(9-10)14(15)11-5-7-13(16-2)8-6-11/h5-8,12H,1,3-4,9H2,2H3. The lowest BCUT2D eigenvalue weighted by Gasteiger charge is -2.08. The molecule has 0 heterocycles. The molecule has 1 saturated carbocycles. The molecular formula is C14H16O2. The molecule has 1 aliphatic carbocycles. The molecule has 2 rings (SSSR count). The minimum atomic E-state index is 0.140. The number of hydrogen-bond donors (Lipinski definition) is 0. The summed E-state index contributed by atoms with van der Waals surface area (Å²) in [5.74, 6) is 1.16. The van der Waals surface area contributed by atoms with Crippen molar-refractivity contribution in [3.05, 3.63) is 42.0 Å². The van der Waals surface area contributed by atoms with Gasteiger partial charge in [-0.3, -0.25) is 4.79 Å². The maximum absolute atomic E-state index is 12.1.